The van der Waals surface area contributed by atoms with Gasteiger partial charge in [-0.3, -0.25) is 14.3 Å². The second-order valence-electron chi connectivity index (χ2n) is 11.1. The molecular formula is C31H36N8O2. The maximum atomic E-state index is 13.4. The van der Waals surface area contributed by atoms with Crippen molar-refractivity contribution in [3.63, 3.8) is 0 Å². The van der Waals surface area contributed by atoms with Crippen LogP contribution in [0.3, 0.4) is 0 Å². The highest BCUT2D eigenvalue weighted by molar-refractivity contribution is 6.01. The van der Waals surface area contributed by atoms with E-state index in [2.05, 4.69) is 50.9 Å². The number of nitrogens with zero attached hydrogens (tertiary/aromatic N) is 5. The largest absolute Gasteiger partial charge is 0.383 e. The van der Waals surface area contributed by atoms with Gasteiger partial charge in [0, 0.05) is 74.0 Å². The molecule has 2 fully saturated rings. The first-order valence-corrected chi connectivity index (χ1v) is 14.2. The van der Waals surface area contributed by atoms with Crippen molar-refractivity contribution >= 4 is 34.1 Å². The number of aryl methyl sites for hydroxylation is 1. The van der Waals surface area contributed by atoms with E-state index in [1.807, 2.05) is 31.4 Å². The number of hydrogen-bond donors (Lipinski definition) is 3. The topological polar surface area (TPSA) is 121 Å². The number of carbonyl (C=O) groups excluding carboxylic acids is 2. The molecule has 41 heavy (non-hydrogen) atoms. The number of benzene rings is 2. The second kappa shape index (κ2) is 11.2. The van der Waals surface area contributed by atoms with E-state index >= 15 is 0 Å². The highest BCUT2D eigenvalue weighted by Crippen LogP contribution is 2.27. The molecule has 2 aliphatic heterocycles. The molecule has 10 heteroatoms. The molecule has 4 heterocycles. The highest BCUT2D eigenvalue weighted by Gasteiger charge is 2.29. The van der Waals surface area contributed by atoms with E-state index in [-0.39, 0.29) is 23.7 Å². The van der Waals surface area contributed by atoms with E-state index < -0.39 is 0 Å². The average molecular weight is 553 g/mol. The molecule has 1 atom stereocenters. The van der Waals surface area contributed by atoms with Crippen molar-refractivity contribution in [3.8, 4) is 11.1 Å². The second-order valence-corrected chi connectivity index (χ2v) is 11.1. The smallest absolute Gasteiger partial charge is 0.255 e. The molecule has 2 aromatic carbocycles. The molecule has 6 rings (SSSR count). The maximum Gasteiger partial charge on any atom is 0.255 e. The maximum absolute atomic E-state index is 13.4. The van der Waals surface area contributed by atoms with Crippen LogP contribution in [0, 0.1) is 0 Å². The van der Waals surface area contributed by atoms with Crippen molar-refractivity contribution in [2.45, 2.75) is 31.3 Å². The van der Waals surface area contributed by atoms with Crippen LogP contribution in [0.4, 0.5) is 11.5 Å². The van der Waals surface area contributed by atoms with Crippen molar-refractivity contribution in [2.24, 2.45) is 7.05 Å². The van der Waals surface area contributed by atoms with Crippen LogP contribution < -0.4 is 21.3 Å². The summed E-state index contributed by atoms with van der Waals surface area (Å²) in [5.74, 6) is -0.155. The fourth-order valence-electron chi connectivity index (χ4n) is 5.88. The molecule has 2 amide bonds. The molecule has 10 nitrogen and oxygen atoms in total. The first kappa shape index (κ1) is 26.8. The van der Waals surface area contributed by atoms with Gasteiger partial charge in [-0.15, -0.1) is 0 Å². The molecule has 0 radical (unpaired) electrons. The molecule has 0 bridgehead atoms. The lowest BCUT2D eigenvalue weighted by Crippen LogP contribution is -2.41. The Morgan fingerprint density at radius 2 is 1.80 bits per heavy atom. The van der Waals surface area contributed by atoms with Gasteiger partial charge in [0.05, 0.1) is 11.8 Å². The number of amides is 2. The predicted octanol–water partition coefficient (Wildman–Crippen LogP) is 3.05. The molecule has 0 saturated carbocycles. The van der Waals surface area contributed by atoms with E-state index in [0.29, 0.717) is 36.7 Å². The van der Waals surface area contributed by atoms with Gasteiger partial charge in [-0.2, -0.15) is 5.10 Å². The van der Waals surface area contributed by atoms with Gasteiger partial charge in [-0.1, -0.05) is 12.1 Å². The van der Waals surface area contributed by atoms with Crippen LogP contribution in [0.25, 0.3) is 21.9 Å². The van der Waals surface area contributed by atoms with Crippen LogP contribution in [-0.4, -0.2) is 76.8 Å². The number of piperidine rings is 1. The van der Waals surface area contributed by atoms with Gasteiger partial charge < -0.3 is 26.2 Å². The third-order valence-corrected chi connectivity index (χ3v) is 8.35. The summed E-state index contributed by atoms with van der Waals surface area (Å²) in [4.78, 5) is 34.9. The number of nitrogens with one attached hydrogen (secondary N) is 2. The van der Waals surface area contributed by atoms with Crippen molar-refractivity contribution in [1.29, 1.82) is 0 Å². The van der Waals surface area contributed by atoms with E-state index in [4.69, 9.17) is 5.73 Å². The summed E-state index contributed by atoms with van der Waals surface area (Å²) >= 11 is 0. The van der Waals surface area contributed by atoms with E-state index in [0.717, 1.165) is 47.8 Å². The predicted molar refractivity (Wildman–Crippen MR) is 161 cm³/mol. The summed E-state index contributed by atoms with van der Waals surface area (Å²) in [7, 11) is 4.00. The van der Waals surface area contributed by atoms with Gasteiger partial charge in [-0.05, 0) is 73.5 Å². The fraction of sp³-hybridized carbons (Fsp3) is 0.355. The van der Waals surface area contributed by atoms with Crippen molar-refractivity contribution in [1.82, 2.24) is 30.3 Å². The lowest BCUT2D eigenvalue weighted by Gasteiger charge is -2.33. The third kappa shape index (κ3) is 5.60. The minimum Gasteiger partial charge on any atom is -0.383 e. The summed E-state index contributed by atoms with van der Waals surface area (Å²) in [6, 6.07) is 14.5. The third-order valence-electron chi connectivity index (χ3n) is 8.35. The summed E-state index contributed by atoms with van der Waals surface area (Å²) < 4.78 is 1.69. The Morgan fingerprint density at radius 1 is 1.02 bits per heavy atom. The Morgan fingerprint density at radius 3 is 2.59 bits per heavy atom. The number of hydrogen-bond acceptors (Lipinski definition) is 7. The van der Waals surface area contributed by atoms with Crippen LogP contribution >= 0.6 is 0 Å². The zero-order chi connectivity index (χ0) is 28.5. The van der Waals surface area contributed by atoms with Gasteiger partial charge in [0.15, 0.2) is 0 Å². The van der Waals surface area contributed by atoms with Gasteiger partial charge in [0.1, 0.15) is 5.82 Å². The molecule has 0 spiro atoms. The minimum absolute atomic E-state index is 0.0284. The molecular weight excluding hydrogens is 516 g/mol. The SMILES string of the molecule is CN(c1ccc2cc(C(=O)N3CC[C@@H](NC(=O)c4cc(-c5cnn(C)c5)cnc4N)C3)ccc2c1)C1CCNCC1. The van der Waals surface area contributed by atoms with E-state index in [9.17, 15) is 9.59 Å². The van der Waals surface area contributed by atoms with Gasteiger partial charge >= 0.3 is 0 Å². The van der Waals surface area contributed by atoms with Crippen LogP contribution in [0.2, 0.25) is 0 Å². The first-order chi connectivity index (χ1) is 19.9. The monoisotopic (exact) mass is 552 g/mol. The molecule has 4 aromatic rings. The number of fused-ring (bicyclic) bond motifs is 1. The summed E-state index contributed by atoms with van der Waals surface area (Å²) in [5, 5.41) is 12.8. The molecule has 2 saturated heterocycles. The Bertz CT molecular complexity index is 1590. The summed E-state index contributed by atoms with van der Waals surface area (Å²) in [6.45, 7) is 3.13. The van der Waals surface area contributed by atoms with Gasteiger partial charge in [-0.25, -0.2) is 4.98 Å². The first-order valence-electron chi connectivity index (χ1n) is 14.2. The average Bonchev–Trinajstić information content (AvgIpc) is 3.65. The number of nitrogen functional groups attached to an aromatic ring is 1. The lowest BCUT2D eigenvalue weighted by molar-refractivity contribution is 0.0783. The number of likely N-dealkylation sites (tertiary alicyclic amines) is 1. The van der Waals surface area contributed by atoms with Crippen LogP contribution in [0.15, 0.2) is 61.1 Å². The quantitative estimate of drug-likeness (QED) is 0.336. The molecule has 0 aliphatic carbocycles. The van der Waals surface area contributed by atoms with Crippen molar-refractivity contribution < 1.29 is 9.59 Å². The van der Waals surface area contributed by atoms with E-state index in [1.165, 1.54) is 5.69 Å². The number of rotatable bonds is 6. The lowest BCUT2D eigenvalue weighted by atomic mass is 10.0. The molecule has 2 aromatic heterocycles. The van der Waals surface area contributed by atoms with Gasteiger partial charge in [0.2, 0.25) is 0 Å². The van der Waals surface area contributed by atoms with Crippen LogP contribution in [0.1, 0.15) is 40.0 Å². The molecule has 4 N–H and O–H groups in total. The molecule has 0 unspecified atom stereocenters. The van der Waals surface area contributed by atoms with Crippen LogP contribution in [-0.2, 0) is 7.05 Å². The number of nitrogens with two attached hydrogens (primary N) is 1. The van der Waals surface area contributed by atoms with Gasteiger partial charge in [0.25, 0.3) is 11.8 Å². The number of carbonyl (C=O) groups is 2. The Labute approximate surface area is 239 Å². The standard InChI is InChI=1S/C31H36N8O2/c1-37-18-24(17-35-37)23-15-28(29(32)34-16-23)30(40)36-25-9-12-39(19-25)31(41)22-4-3-21-14-27(6-5-20(21)13-22)38(2)26-7-10-33-11-8-26/h3-6,13-18,25-26,33H,7-12,19H2,1-2H3,(H2,32,34)(H,36,40)/t25-/m1/s1. The Hall–Kier alpha value is -4.44. The molecule has 2 aliphatic rings. The minimum atomic E-state index is -0.295. The Kier molecular flexibility index (Phi) is 7.32. The van der Waals surface area contributed by atoms with Crippen molar-refractivity contribution in [2.75, 3.05) is 43.9 Å². The Balaban J connectivity index is 1.10. The molecule has 212 valence electrons. The fourth-order valence-corrected chi connectivity index (χ4v) is 5.88. The van der Waals surface area contributed by atoms with Crippen LogP contribution in [0.5, 0.6) is 0 Å². The highest BCUT2D eigenvalue weighted by atomic mass is 16.2. The summed E-state index contributed by atoms with van der Waals surface area (Å²) in [6.07, 6.45) is 8.16. The normalized spacial score (nSPS) is 17.6. The zero-order valence-electron chi connectivity index (χ0n) is 23.5. The van der Waals surface area contributed by atoms with Crippen molar-refractivity contribution in [3.05, 3.63) is 72.2 Å². The van der Waals surface area contributed by atoms with E-state index in [1.54, 1.807) is 28.0 Å². The number of pyridine rings is 1. The number of aromatic nitrogens is 3. The zero-order valence-corrected chi connectivity index (χ0v) is 23.5. The number of anilines is 2. The summed E-state index contributed by atoms with van der Waals surface area (Å²) in [5.41, 5.74) is 9.83.